The van der Waals surface area contributed by atoms with Gasteiger partial charge in [-0.1, -0.05) is 42.5 Å². The summed E-state index contributed by atoms with van der Waals surface area (Å²) in [6, 6.07) is 24.8. The molecule has 0 aliphatic carbocycles. The van der Waals surface area contributed by atoms with Crippen LogP contribution in [-0.4, -0.2) is 28.3 Å². The van der Waals surface area contributed by atoms with Crippen LogP contribution >= 0.6 is 0 Å². The van der Waals surface area contributed by atoms with Crippen molar-refractivity contribution in [2.45, 2.75) is 33.0 Å². The maximum Gasteiger partial charge on any atom is 0.296 e. The lowest BCUT2D eigenvalue weighted by Gasteiger charge is -2.23. The standard InChI is InChI=1S/C32H29NO6/c1-3-37-25-14-11-22(12-15-25)19-33-29(27-10-7-17-38-27)28(31(35)32(33)36)30(34)24-13-16-26(21(2)18-24)39-20-23-8-5-4-6-9-23/h4-18,29,34H,3,19-20H2,1-2H3/b30-28-. The number of nitrogens with zero attached hydrogens (tertiary/aromatic N) is 1. The number of carbonyl (C=O) groups is 2. The van der Waals surface area contributed by atoms with Crippen molar-refractivity contribution in [2.24, 2.45) is 0 Å². The normalized spacial score (nSPS) is 16.5. The second-order valence-corrected chi connectivity index (χ2v) is 9.27. The summed E-state index contributed by atoms with van der Waals surface area (Å²) in [4.78, 5) is 27.9. The summed E-state index contributed by atoms with van der Waals surface area (Å²) in [6.07, 6.45) is 1.48. The Bertz CT molecular complexity index is 1490. The zero-order valence-electron chi connectivity index (χ0n) is 21.8. The molecule has 1 aliphatic heterocycles. The van der Waals surface area contributed by atoms with Crippen molar-refractivity contribution in [2.75, 3.05) is 6.61 Å². The van der Waals surface area contributed by atoms with Crippen LogP contribution in [-0.2, 0) is 22.7 Å². The first-order valence-corrected chi connectivity index (χ1v) is 12.8. The van der Waals surface area contributed by atoms with E-state index in [1.165, 1.54) is 11.2 Å². The van der Waals surface area contributed by atoms with Crippen molar-refractivity contribution < 1.29 is 28.6 Å². The number of benzene rings is 3. The van der Waals surface area contributed by atoms with E-state index in [0.717, 1.165) is 22.4 Å². The fourth-order valence-corrected chi connectivity index (χ4v) is 4.69. The second kappa shape index (κ2) is 11.3. The highest BCUT2D eigenvalue weighted by molar-refractivity contribution is 6.46. The van der Waals surface area contributed by atoms with E-state index >= 15 is 0 Å². The zero-order valence-corrected chi connectivity index (χ0v) is 21.8. The molecule has 198 valence electrons. The number of carbonyl (C=O) groups excluding carboxylic acids is 2. The average molecular weight is 524 g/mol. The fraction of sp³-hybridized carbons (Fsp3) is 0.188. The maximum atomic E-state index is 13.3. The van der Waals surface area contributed by atoms with Crippen LogP contribution in [0, 0.1) is 6.92 Å². The molecule has 0 saturated carbocycles. The van der Waals surface area contributed by atoms with Gasteiger partial charge in [0.15, 0.2) is 0 Å². The first-order chi connectivity index (χ1) is 19.0. The number of hydrogen-bond donors (Lipinski definition) is 1. The van der Waals surface area contributed by atoms with Crippen LogP contribution in [0.25, 0.3) is 5.76 Å². The van der Waals surface area contributed by atoms with E-state index in [1.807, 2.05) is 68.4 Å². The summed E-state index contributed by atoms with van der Waals surface area (Å²) < 4.78 is 17.1. The van der Waals surface area contributed by atoms with Gasteiger partial charge in [-0.3, -0.25) is 9.59 Å². The minimum atomic E-state index is -0.874. The minimum absolute atomic E-state index is 0.0155. The third-order valence-electron chi connectivity index (χ3n) is 6.63. The number of aliphatic hydroxyl groups excluding tert-OH is 1. The molecule has 1 saturated heterocycles. The second-order valence-electron chi connectivity index (χ2n) is 9.27. The topological polar surface area (TPSA) is 89.2 Å². The molecule has 39 heavy (non-hydrogen) atoms. The number of furan rings is 1. The predicted octanol–water partition coefficient (Wildman–Crippen LogP) is 6.19. The van der Waals surface area contributed by atoms with Crippen LogP contribution in [0.2, 0.25) is 0 Å². The number of aliphatic hydroxyl groups is 1. The van der Waals surface area contributed by atoms with Crippen molar-refractivity contribution in [1.29, 1.82) is 0 Å². The molecule has 1 unspecified atom stereocenters. The fourth-order valence-electron chi connectivity index (χ4n) is 4.69. The highest BCUT2D eigenvalue weighted by Gasteiger charge is 2.47. The van der Waals surface area contributed by atoms with E-state index in [2.05, 4.69) is 0 Å². The Labute approximate surface area is 226 Å². The van der Waals surface area contributed by atoms with Gasteiger partial charge in [-0.05, 0) is 73.0 Å². The molecule has 1 amide bonds. The molecule has 0 spiro atoms. The average Bonchev–Trinajstić information content (AvgIpc) is 3.57. The Balaban J connectivity index is 1.45. The van der Waals surface area contributed by atoms with Crippen molar-refractivity contribution in [3.63, 3.8) is 0 Å². The molecule has 0 bridgehead atoms. The Kier molecular flexibility index (Phi) is 7.50. The molecule has 1 fully saturated rings. The largest absolute Gasteiger partial charge is 0.507 e. The van der Waals surface area contributed by atoms with Crippen LogP contribution in [0.5, 0.6) is 11.5 Å². The summed E-state index contributed by atoms with van der Waals surface area (Å²) in [7, 11) is 0. The van der Waals surface area contributed by atoms with Gasteiger partial charge >= 0.3 is 0 Å². The molecule has 1 atom stereocenters. The number of hydrogen-bond acceptors (Lipinski definition) is 6. The monoisotopic (exact) mass is 523 g/mol. The van der Waals surface area contributed by atoms with Crippen molar-refractivity contribution in [1.82, 2.24) is 4.90 Å². The van der Waals surface area contributed by atoms with E-state index in [-0.39, 0.29) is 17.9 Å². The molecule has 1 aliphatic rings. The van der Waals surface area contributed by atoms with Crippen LogP contribution in [0.15, 0.2) is 101 Å². The molecular formula is C32H29NO6. The Hall–Kier alpha value is -4.78. The molecule has 3 aromatic carbocycles. The first-order valence-electron chi connectivity index (χ1n) is 12.8. The predicted molar refractivity (Wildman–Crippen MR) is 146 cm³/mol. The smallest absolute Gasteiger partial charge is 0.296 e. The Morgan fingerprint density at radius 2 is 1.69 bits per heavy atom. The highest BCUT2D eigenvalue weighted by Crippen LogP contribution is 2.41. The van der Waals surface area contributed by atoms with Gasteiger partial charge in [-0.2, -0.15) is 0 Å². The van der Waals surface area contributed by atoms with Crippen molar-refractivity contribution in [3.05, 3.63) is 125 Å². The van der Waals surface area contributed by atoms with Gasteiger partial charge in [0.05, 0.1) is 18.4 Å². The van der Waals surface area contributed by atoms with E-state index in [4.69, 9.17) is 13.9 Å². The quantitative estimate of drug-likeness (QED) is 0.160. The first kappa shape index (κ1) is 25.9. The van der Waals surface area contributed by atoms with Crippen LogP contribution in [0.3, 0.4) is 0 Å². The molecule has 0 radical (unpaired) electrons. The van der Waals surface area contributed by atoms with Gasteiger partial charge in [0.1, 0.15) is 35.7 Å². The summed E-state index contributed by atoms with van der Waals surface area (Å²) in [6.45, 7) is 4.88. The summed E-state index contributed by atoms with van der Waals surface area (Å²) in [5.74, 6) is 0.0440. The number of rotatable bonds is 9. The summed E-state index contributed by atoms with van der Waals surface area (Å²) in [5, 5.41) is 11.4. The molecule has 1 N–H and O–H groups in total. The van der Waals surface area contributed by atoms with Gasteiger partial charge in [0.2, 0.25) is 0 Å². The van der Waals surface area contributed by atoms with E-state index in [1.54, 1.807) is 30.3 Å². The Morgan fingerprint density at radius 1 is 0.923 bits per heavy atom. The van der Waals surface area contributed by atoms with Crippen LogP contribution in [0.1, 0.15) is 41.0 Å². The number of likely N-dealkylation sites (tertiary alicyclic amines) is 1. The molecule has 2 heterocycles. The SMILES string of the molecule is CCOc1ccc(CN2C(=O)C(=O)/C(=C(\O)c3ccc(OCc4ccccc4)c(C)c3)C2c2ccco2)cc1. The number of amides is 1. The molecule has 5 rings (SSSR count). The molecule has 7 heteroatoms. The molecule has 4 aromatic rings. The van der Waals surface area contributed by atoms with Gasteiger partial charge < -0.3 is 23.9 Å². The van der Waals surface area contributed by atoms with E-state index in [9.17, 15) is 14.7 Å². The van der Waals surface area contributed by atoms with E-state index < -0.39 is 17.7 Å². The van der Waals surface area contributed by atoms with E-state index in [0.29, 0.717) is 30.3 Å². The van der Waals surface area contributed by atoms with Crippen LogP contribution < -0.4 is 9.47 Å². The Morgan fingerprint density at radius 3 is 2.36 bits per heavy atom. The molecular weight excluding hydrogens is 494 g/mol. The van der Waals surface area contributed by atoms with Gasteiger partial charge in [0, 0.05) is 12.1 Å². The number of ether oxygens (including phenoxy) is 2. The van der Waals surface area contributed by atoms with Crippen LogP contribution in [0.4, 0.5) is 0 Å². The third kappa shape index (κ3) is 5.43. The van der Waals surface area contributed by atoms with Gasteiger partial charge in [-0.15, -0.1) is 0 Å². The lowest BCUT2D eigenvalue weighted by molar-refractivity contribution is -0.140. The highest BCUT2D eigenvalue weighted by atomic mass is 16.5. The third-order valence-corrected chi connectivity index (χ3v) is 6.63. The maximum absolute atomic E-state index is 13.3. The lowest BCUT2D eigenvalue weighted by atomic mass is 9.98. The number of ketones is 1. The number of Topliss-reactive ketones (excluding diaryl/α,β-unsaturated/α-hetero) is 1. The van der Waals surface area contributed by atoms with Gasteiger partial charge in [0.25, 0.3) is 11.7 Å². The summed E-state index contributed by atoms with van der Waals surface area (Å²) >= 11 is 0. The lowest BCUT2D eigenvalue weighted by Crippen LogP contribution is -2.29. The summed E-state index contributed by atoms with van der Waals surface area (Å²) in [5.41, 5.74) is 3.03. The van der Waals surface area contributed by atoms with Crippen molar-refractivity contribution in [3.8, 4) is 11.5 Å². The molecule has 7 nitrogen and oxygen atoms in total. The molecule has 1 aromatic heterocycles. The zero-order chi connectivity index (χ0) is 27.4. The van der Waals surface area contributed by atoms with Gasteiger partial charge in [-0.25, -0.2) is 0 Å². The number of aryl methyl sites for hydroxylation is 1. The van der Waals surface area contributed by atoms with Crippen molar-refractivity contribution >= 4 is 17.4 Å². The minimum Gasteiger partial charge on any atom is -0.507 e.